The van der Waals surface area contributed by atoms with Crippen molar-refractivity contribution in [3.63, 3.8) is 0 Å². The summed E-state index contributed by atoms with van der Waals surface area (Å²) >= 11 is 0. The molecule has 0 unspecified atom stereocenters. The first-order valence-corrected chi connectivity index (χ1v) is 7.92. The smallest absolute Gasteiger partial charge is 0.256 e. The number of likely N-dealkylation sites (N-methyl/N-ethyl adjacent to an activating group) is 1. The largest absolute Gasteiger partial charge is 0.328 e. The summed E-state index contributed by atoms with van der Waals surface area (Å²) in [6.45, 7) is 4.23. The molecule has 3 rings (SSSR count). The van der Waals surface area contributed by atoms with Crippen LogP contribution in [0, 0.1) is 6.92 Å². The molecule has 2 aromatic rings. The van der Waals surface area contributed by atoms with Crippen LogP contribution in [0.15, 0.2) is 30.7 Å². The number of carbonyl (C=O) groups is 1. The van der Waals surface area contributed by atoms with Crippen molar-refractivity contribution in [2.45, 2.75) is 32.5 Å². The third-order valence-corrected chi connectivity index (χ3v) is 4.21. The Hall–Kier alpha value is -2.21. The molecule has 6 heteroatoms. The summed E-state index contributed by atoms with van der Waals surface area (Å²) in [7, 11) is 4.08. The lowest BCUT2D eigenvalue weighted by atomic mass is 10.1. The fourth-order valence-corrected chi connectivity index (χ4v) is 3.11. The molecule has 0 saturated heterocycles. The molecule has 122 valence electrons. The Morgan fingerprint density at radius 1 is 1.39 bits per heavy atom. The van der Waals surface area contributed by atoms with Crippen molar-refractivity contribution in [1.29, 1.82) is 0 Å². The number of nitrogens with zero attached hydrogens (tertiary/aromatic N) is 5. The van der Waals surface area contributed by atoms with Gasteiger partial charge >= 0.3 is 0 Å². The normalized spacial score (nSPS) is 17.9. The molecule has 3 heterocycles. The molecule has 1 aliphatic heterocycles. The Morgan fingerprint density at radius 3 is 2.96 bits per heavy atom. The van der Waals surface area contributed by atoms with E-state index in [4.69, 9.17) is 0 Å². The maximum Gasteiger partial charge on any atom is 0.256 e. The molecule has 6 nitrogen and oxygen atoms in total. The fraction of sp³-hybridized carbons (Fsp3) is 0.471. The maximum absolute atomic E-state index is 13.1. The average Bonchev–Trinajstić information content (AvgIpc) is 2.89. The van der Waals surface area contributed by atoms with E-state index in [1.807, 2.05) is 42.7 Å². The number of fused-ring (bicyclic) bond motifs is 1. The number of rotatable bonds is 3. The summed E-state index contributed by atoms with van der Waals surface area (Å²) in [5.41, 5.74) is 2.74. The number of carbonyl (C=O) groups excluding carboxylic acids is 1. The molecule has 0 N–H and O–H groups in total. The van der Waals surface area contributed by atoms with Crippen LogP contribution >= 0.6 is 0 Å². The van der Waals surface area contributed by atoms with Gasteiger partial charge in [-0.15, -0.1) is 0 Å². The third kappa shape index (κ3) is 3.42. The van der Waals surface area contributed by atoms with E-state index in [2.05, 4.69) is 15.0 Å². The van der Waals surface area contributed by atoms with Crippen molar-refractivity contribution in [3.8, 4) is 0 Å². The van der Waals surface area contributed by atoms with E-state index in [1.54, 1.807) is 18.6 Å². The second-order valence-corrected chi connectivity index (χ2v) is 6.43. The number of hydrogen-bond acceptors (Lipinski definition) is 4. The molecular weight excluding hydrogens is 290 g/mol. The van der Waals surface area contributed by atoms with E-state index < -0.39 is 0 Å². The first kappa shape index (κ1) is 15.7. The van der Waals surface area contributed by atoms with Crippen LogP contribution in [-0.2, 0) is 13.1 Å². The molecule has 1 atom stereocenters. The molecular formula is C17H23N5O. The number of aromatic nitrogens is 3. The lowest BCUT2D eigenvalue weighted by Gasteiger charge is -2.31. The number of pyridine rings is 1. The average molecular weight is 313 g/mol. The molecule has 23 heavy (non-hydrogen) atoms. The van der Waals surface area contributed by atoms with E-state index in [-0.39, 0.29) is 11.9 Å². The van der Waals surface area contributed by atoms with Gasteiger partial charge in [-0.3, -0.25) is 14.5 Å². The van der Waals surface area contributed by atoms with E-state index >= 15 is 0 Å². The predicted octanol–water partition coefficient (Wildman–Crippen LogP) is 1.56. The van der Waals surface area contributed by atoms with Crippen molar-refractivity contribution >= 4 is 5.91 Å². The quantitative estimate of drug-likeness (QED) is 0.863. The Bertz CT molecular complexity index is 694. The van der Waals surface area contributed by atoms with E-state index in [0.29, 0.717) is 12.1 Å². The summed E-state index contributed by atoms with van der Waals surface area (Å²) in [5.74, 6) is 0.0442. The molecule has 2 aromatic heterocycles. The topological polar surface area (TPSA) is 54.3 Å². The zero-order chi connectivity index (χ0) is 16.4. The zero-order valence-corrected chi connectivity index (χ0v) is 13.9. The van der Waals surface area contributed by atoms with Crippen LogP contribution in [0.1, 0.15) is 28.0 Å². The number of hydrogen-bond donors (Lipinski definition) is 0. The first-order valence-electron chi connectivity index (χ1n) is 7.92. The first-order chi connectivity index (χ1) is 11.0. The molecule has 0 aromatic carbocycles. The Morgan fingerprint density at radius 2 is 2.22 bits per heavy atom. The molecule has 1 aliphatic rings. The highest BCUT2D eigenvalue weighted by atomic mass is 16.2. The van der Waals surface area contributed by atoms with Crippen molar-refractivity contribution < 1.29 is 4.79 Å². The van der Waals surface area contributed by atoms with Gasteiger partial charge in [0, 0.05) is 37.7 Å². The van der Waals surface area contributed by atoms with Gasteiger partial charge in [-0.25, -0.2) is 0 Å². The predicted molar refractivity (Wildman–Crippen MR) is 88.0 cm³/mol. The summed E-state index contributed by atoms with van der Waals surface area (Å²) < 4.78 is 2.00. The second kappa shape index (κ2) is 6.50. The minimum Gasteiger partial charge on any atom is -0.328 e. The van der Waals surface area contributed by atoms with E-state index in [0.717, 1.165) is 30.8 Å². The highest BCUT2D eigenvalue weighted by Gasteiger charge is 2.29. The fourth-order valence-electron chi connectivity index (χ4n) is 3.11. The van der Waals surface area contributed by atoms with Gasteiger partial charge in [0.2, 0.25) is 0 Å². The van der Waals surface area contributed by atoms with Gasteiger partial charge in [0.1, 0.15) is 0 Å². The van der Waals surface area contributed by atoms with Crippen LogP contribution in [0.3, 0.4) is 0 Å². The van der Waals surface area contributed by atoms with Crippen LogP contribution < -0.4 is 0 Å². The summed E-state index contributed by atoms with van der Waals surface area (Å²) in [4.78, 5) is 21.3. The SMILES string of the molecule is Cc1cncc(C(=O)N2Cc3ccnn3CC[C@@H]2CN(C)C)c1. The summed E-state index contributed by atoms with van der Waals surface area (Å²) in [6.07, 6.45) is 6.13. The van der Waals surface area contributed by atoms with Crippen molar-refractivity contribution in [2.75, 3.05) is 20.6 Å². The second-order valence-electron chi connectivity index (χ2n) is 6.43. The van der Waals surface area contributed by atoms with Crippen LogP contribution in [0.5, 0.6) is 0 Å². The Kier molecular flexibility index (Phi) is 4.43. The standard InChI is InChI=1S/C17H23N5O/c1-13-8-14(10-18-9-13)17(23)21-12-16-4-6-19-22(16)7-5-15(21)11-20(2)3/h4,6,8-10,15H,5,7,11-12H2,1-3H3/t15-/m1/s1. The minimum atomic E-state index is 0.0442. The van der Waals surface area contributed by atoms with Crippen molar-refractivity contribution in [3.05, 3.63) is 47.5 Å². The molecule has 0 aliphatic carbocycles. The molecule has 0 radical (unpaired) electrons. The minimum absolute atomic E-state index is 0.0442. The van der Waals surface area contributed by atoms with E-state index in [1.165, 1.54) is 0 Å². The third-order valence-electron chi connectivity index (χ3n) is 4.21. The maximum atomic E-state index is 13.1. The Labute approximate surface area is 136 Å². The van der Waals surface area contributed by atoms with Crippen LogP contribution in [0.2, 0.25) is 0 Å². The van der Waals surface area contributed by atoms with Gasteiger partial charge in [-0.2, -0.15) is 5.10 Å². The lowest BCUT2D eigenvalue weighted by molar-refractivity contribution is 0.0626. The summed E-state index contributed by atoms with van der Waals surface area (Å²) in [6, 6.07) is 4.07. The van der Waals surface area contributed by atoms with Crippen LogP contribution in [-0.4, -0.2) is 57.2 Å². The highest BCUT2D eigenvalue weighted by Crippen LogP contribution is 2.20. The summed E-state index contributed by atoms with van der Waals surface area (Å²) in [5, 5.41) is 4.36. The zero-order valence-electron chi connectivity index (χ0n) is 13.9. The molecule has 1 amide bonds. The molecule has 0 fully saturated rings. The Balaban J connectivity index is 1.91. The van der Waals surface area contributed by atoms with E-state index in [9.17, 15) is 4.79 Å². The van der Waals surface area contributed by atoms with Crippen LogP contribution in [0.25, 0.3) is 0 Å². The van der Waals surface area contributed by atoms with Gasteiger partial charge in [-0.05, 0) is 45.1 Å². The molecule has 0 saturated carbocycles. The molecule has 0 spiro atoms. The lowest BCUT2D eigenvalue weighted by Crippen LogP contribution is -2.44. The highest BCUT2D eigenvalue weighted by molar-refractivity contribution is 5.94. The number of amides is 1. The van der Waals surface area contributed by atoms with Gasteiger partial charge in [0.05, 0.1) is 17.8 Å². The van der Waals surface area contributed by atoms with Crippen molar-refractivity contribution in [1.82, 2.24) is 24.6 Å². The molecule has 0 bridgehead atoms. The number of aryl methyl sites for hydroxylation is 2. The van der Waals surface area contributed by atoms with Gasteiger partial charge in [-0.1, -0.05) is 0 Å². The van der Waals surface area contributed by atoms with Gasteiger partial charge < -0.3 is 9.80 Å². The van der Waals surface area contributed by atoms with Gasteiger partial charge in [0.25, 0.3) is 5.91 Å². The van der Waals surface area contributed by atoms with Crippen molar-refractivity contribution in [2.24, 2.45) is 0 Å². The van der Waals surface area contributed by atoms with Crippen LogP contribution in [0.4, 0.5) is 0 Å². The monoisotopic (exact) mass is 313 g/mol. The van der Waals surface area contributed by atoms with Gasteiger partial charge in [0.15, 0.2) is 0 Å².